The van der Waals surface area contributed by atoms with Crippen molar-refractivity contribution in [3.05, 3.63) is 22.7 Å². The van der Waals surface area contributed by atoms with Gasteiger partial charge < -0.3 is 14.2 Å². The van der Waals surface area contributed by atoms with Crippen molar-refractivity contribution in [1.82, 2.24) is 19.4 Å². The van der Waals surface area contributed by atoms with Gasteiger partial charge >= 0.3 is 5.97 Å². The van der Waals surface area contributed by atoms with Crippen LogP contribution in [0.2, 0.25) is 0 Å². The van der Waals surface area contributed by atoms with E-state index >= 15 is 0 Å². The molecule has 112 valence electrons. The molecule has 0 bridgehead atoms. The van der Waals surface area contributed by atoms with Crippen molar-refractivity contribution in [2.45, 2.75) is 19.4 Å². The Morgan fingerprint density at radius 1 is 1.33 bits per heavy atom. The molecule has 7 heteroatoms. The van der Waals surface area contributed by atoms with Gasteiger partial charge in [-0.1, -0.05) is 0 Å². The predicted molar refractivity (Wildman–Crippen MR) is 82.2 cm³/mol. The van der Waals surface area contributed by atoms with Gasteiger partial charge in [-0.15, -0.1) is 0 Å². The van der Waals surface area contributed by atoms with Gasteiger partial charge in [0.25, 0.3) is 0 Å². The number of fused-ring (bicyclic) bond motifs is 1. The fraction of sp³-hybridized carbons (Fsp3) is 0.500. The number of likely N-dealkylation sites (tertiary alicyclic amines) is 1. The highest BCUT2D eigenvalue weighted by Crippen LogP contribution is 2.24. The lowest BCUT2D eigenvalue weighted by atomic mass is 10.4. The Labute approximate surface area is 131 Å². The van der Waals surface area contributed by atoms with Gasteiger partial charge in [0.05, 0.1) is 23.3 Å². The van der Waals surface area contributed by atoms with Crippen molar-refractivity contribution in [3.63, 3.8) is 0 Å². The van der Waals surface area contributed by atoms with E-state index in [1.165, 1.54) is 20.0 Å². The zero-order chi connectivity index (χ0) is 14.8. The predicted octanol–water partition coefficient (Wildman–Crippen LogP) is 2.08. The Morgan fingerprint density at radius 2 is 2.10 bits per heavy atom. The molecule has 1 fully saturated rings. The molecule has 1 aliphatic heterocycles. The molecule has 0 amide bonds. The van der Waals surface area contributed by atoms with Crippen LogP contribution in [0, 0.1) is 0 Å². The zero-order valence-corrected chi connectivity index (χ0v) is 13.5. The smallest absolute Gasteiger partial charge is 0.374 e. The summed E-state index contributed by atoms with van der Waals surface area (Å²) in [5.74, 6) is -0.0834. The Balaban J connectivity index is 1.97. The van der Waals surface area contributed by atoms with Crippen LogP contribution in [-0.2, 0) is 11.3 Å². The van der Waals surface area contributed by atoms with Gasteiger partial charge in [0, 0.05) is 19.3 Å². The van der Waals surface area contributed by atoms with Crippen LogP contribution in [0.4, 0.5) is 0 Å². The number of esters is 1. The van der Waals surface area contributed by atoms with E-state index in [9.17, 15) is 4.79 Å². The number of rotatable bonds is 4. The molecular formula is C14H17BrN4O2. The van der Waals surface area contributed by atoms with E-state index in [1.807, 2.05) is 4.57 Å². The number of halogens is 1. The van der Waals surface area contributed by atoms with Gasteiger partial charge in [0.15, 0.2) is 0 Å². The molecule has 1 aliphatic rings. The number of carbonyl (C=O) groups excluding carboxylic acids is 1. The number of hydrogen-bond acceptors (Lipinski definition) is 5. The molecule has 2 aromatic rings. The molecule has 1 saturated heterocycles. The van der Waals surface area contributed by atoms with Crippen molar-refractivity contribution in [2.24, 2.45) is 0 Å². The van der Waals surface area contributed by atoms with Crippen LogP contribution in [0.5, 0.6) is 0 Å². The fourth-order valence-electron chi connectivity index (χ4n) is 2.76. The molecule has 0 spiro atoms. The summed E-state index contributed by atoms with van der Waals surface area (Å²) in [6.07, 6.45) is 5.89. The molecule has 0 radical (unpaired) electrons. The largest absolute Gasteiger partial charge is 0.463 e. The van der Waals surface area contributed by atoms with Crippen LogP contribution in [0.3, 0.4) is 0 Å². The maximum atomic E-state index is 12.0. The first-order valence-electron chi connectivity index (χ1n) is 7.01. The summed E-state index contributed by atoms with van der Waals surface area (Å²) in [4.78, 5) is 22.8. The number of methoxy groups -OCH3 is 1. The highest BCUT2D eigenvalue weighted by Gasteiger charge is 2.21. The molecule has 3 heterocycles. The minimum atomic E-state index is -0.417. The Kier molecular flexibility index (Phi) is 4.21. The standard InChI is InChI=1S/C14H17BrN4O2/c1-21-14(20)13-17-11-9-16-8-10(15)12(11)19(13)7-6-18-4-2-3-5-18/h8-9H,2-7H2,1H3. The van der Waals surface area contributed by atoms with E-state index < -0.39 is 5.97 Å². The molecular weight excluding hydrogens is 336 g/mol. The fourth-order valence-corrected chi connectivity index (χ4v) is 3.30. The third kappa shape index (κ3) is 2.80. The number of ether oxygens (including phenoxy) is 1. The van der Waals surface area contributed by atoms with Crippen LogP contribution < -0.4 is 0 Å². The number of imidazole rings is 1. The van der Waals surface area contributed by atoms with Gasteiger partial charge in [0.1, 0.15) is 5.52 Å². The molecule has 0 unspecified atom stereocenters. The number of pyridine rings is 1. The third-order valence-electron chi connectivity index (χ3n) is 3.81. The first-order valence-corrected chi connectivity index (χ1v) is 7.80. The normalized spacial score (nSPS) is 15.7. The quantitative estimate of drug-likeness (QED) is 0.788. The highest BCUT2D eigenvalue weighted by molar-refractivity contribution is 9.10. The van der Waals surface area contributed by atoms with Gasteiger partial charge in [-0.3, -0.25) is 4.98 Å². The van der Waals surface area contributed by atoms with Gasteiger partial charge in [-0.2, -0.15) is 0 Å². The number of carbonyl (C=O) groups is 1. The zero-order valence-electron chi connectivity index (χ0n) is 11.9. The summed E-state index contributed by atoms with van der Waals surface area (Å²) in [6.45, 7) is 3.87. The van der Waals surface area contributed by atoms with Crippen molar-refractivity contribution >= 4 is 32.9 Å². The summed E-state index contributed by atoms with van der Waals surface area (Å²) < 4.78 is 7.61. The summed E-state index contributed by atoms with van der Waals surface area (Å²) in [5.41, 5.74) is 1.59. The van der Waals surface area contributed by atoms with Gasteiger partial charge in [-0.25, -0.2) is 9.78 Å². The average molecular weight is 353 g/mol. The van der Waals surface area contributed by atoms with E-state index in [1.54, 1.807) is 12.4 Å². The molecule has 3 rings (SSSR count). The number of hydrogen-bond donors (Lipinski definition) is 0. The van der Waals surface area contributed by atoms with Gasteiger partial charge in [-0.05, 0) is 41.9 Å². The van der Waals surface area contributed by atoms with Crippen LogP contribution >= 0.6 is 15.9 Å². The summed E-state index contributed by atoms with van der Waals surface area (Å²) in [7, 11) is 1.37. The average Bonchev–Trinajstić information content (AvgIpc) is 3.12. The lowest BCUT2D eigenvalue weighted by molar-refractivity contribution is 0.0581. The minimum Gasteiger partial charge on any atom is -0.463 e. The maximum absolute atomic E-state index is 12.0. The Bertz CT molecular complexity index is 664. The number of aromatic nitrogens is 3. The van der Waals surface area contributed by atoms with E-state index in [0.29, 0.717) is 17.9 Å². The SMILES string of the molecule is COC(=O)c1nc2cncc(Br)c2n1CCN1CCCC1. The second-order valence-corrected chi connectivity index (χ2v) is 5.97. The van der Waals surface area contributed by atoms with Gasteiger partial charge in [0.2, 0.25) is 5.82 Å². The molecule has 6 nitrogen and oxygen atoms in total. The van der Waals surface area contributed by atoms with Crippen molar-refractivity contribution < 1.29 is 9.53 Å². The van der Waals surface area contributed by atoms with Crippen LogP contribution in [0.25, 0.3) is 11.0 Å². The van der Waals surface area contributed by atoms with Crippen LogP contribution in [0.1, 0.15) is 23.5 Å². The van der Waals surface area contributed by atoms with Crippen molar-refractivity contribution in [3.8, 4) is 0 Å². The number of nitrogens with zero attached hydrogens (tertiary/aromatic N) is 4. The molecule has 0 saturated carbocycles. The minimum absolute atomic E-state index is 0.334. The maximum Gasteiger partial charge on any atom is 0.374 e. The summed E-state index contributed by atoms with van der Waals surface area (Å²) >= 11 is 3.50. The van der Waals surface area contributed by atoms with E-state index in [2.05, 4.69) is 30.8 Å². The molecule has 0 aromatic carbocycles. The van der Waals surface area contributed by atoms with E-state index in [-0.39, 0.29) is 0 Å². The van der Waals surface area contributed by atoms with E-state index in [4.69, 9.17) is 4.74 Å². The monoisotopic (exact) mass is 352 g/mol. The summed E-state index contributed by atoms with van der Waals surface area (Å²) in [5, 5.41) is 0. The van der Waals surface area contributed by atoms with Crippen LogP contribution in [0.15, 0.2) is 16.9 Å². The van der Waals surface area contributed by atoms with Crippen LogP contribution in [-0.4, -0.2) is 52.1 Å². The first kappa shape index (κ1) is 14.5. The topological polar surface area (TPSA) is 60.2 Å². The molecule has 21 heavy (non-hydrogen) atoms. The summed E-state index contributed by atoms with van der Waals surface area (Å²) in [6, 6.07) is 0. The second kappa shape index (κ2) is 6.11. The molecule has 0 atom stereocenters. The lowest BCUT2D eigenvalue weighted by Crippen LogP contribution is -2.25. The van der Waals surface area contributed by atoms with Crippen molar-refractivity contribution in [2.75, 3.05) is 26.7 Å². The Morgan fingerprint density at radius 3 is 2.81 bits per heavy atom. The van der Waals surface area contributed by atoms with E-state index in [0.717, 1.165) is 29.6 Å². The highest BCUT2D eigenvalue weighted by atomic mass is 79.9. The molecule has 0 N–H and O–H groups in total. The molecule has 2 aromatic heterocycles. The first-order chi connectivity index (χ1) is 10.2. The second-order valence-electron chi connectivity index (χ2n) is 5.12. The lowest BCUT2D eigenvalue weighted by Gasteiger charge is -2.16. The third-order valence-corrected chi connectivity index (χ3v) is 4.39. The van der Waals surface area contributed by atoms with Crippen molar-refractivity contribution in [1.29, 1.82) is 0 Å². The Hall–Kier alpha value is -1.47. The molecule has 0 aliphatic carbocycles.